The quantitative estimate of drug-likeness (QED) is 0.704. The monoisotopic (exact) mass is 297 g/mol. The van der Waals surface area contributed by atoms with Crippen molar-refractivity contribution in [1.82, 2.24) is 15.0 Å². The molecule has 0 fully saturated rings. The lowest BCUT2D eigenvalue weighted by molar-refractivity contribution is 0.103. The number of nitrogens with zero attached hydrogens (tertiary/aromatic N) is 3. The van der Waals surface area contributed by atoms with Crippen molar-refractivity contribution in [3.8, 4) is 11.4 Å². The maximum absolute atomic E-state index is 5.30. The van der Waals surface area contributed by atoms with E-state index in [1.165, 1.54) is 0 Å². The predicted molar refractivity (Wildman–Crippen MR) is 76.6 cm³/mol. The van der Waals surface area contributed by atoms with Crippen LogP contribution in [0.1, 0.15) is 5.89 Å². The van der Waals surface area contributed by atoms with Crippen LogP contribution < -0.4 is 0 Å². The summed E-state index contributed by atoms with van der Waals surface area (Å²) in [6.45, 7) is 3.53. The second kappa shape index (κ2) is 8.11. The molecule has 20 heavy (non-hydrogen) atoms. The highest BCUT2D eigenvalue weighted by atomic mass is 32.1. The summed E-state index contributed by atoms with van der Waals surface area (Å²) in [4.78, 5) is 6.58. The van der Waals surface area contributed by atoms with Gasteiger partial charge in [-0.1, -0.05) is 5.16 Å². The Kier molecular flexibility index (Phi) is 6.13. The molecule has 2 aromatic rings. The molecule has 110 valence electrons. The Morgan fingerprint density at radius 1 is 1.25 bits per heavy atom. The molecular weight excluding hydrogens is 278 g/mol. The van der Waals surface area contributed by atoms with Crippen LogP contribution in [0.5, 0.6) is 0 Å². The molecule has 0 saturated carbocycles. The van der Waals surface area contributed by atoms with Gasteiger partial charge in [0.2, 0.25) is 11.7 Å². The highest BCUT2D eigenvalue weighted by molar-refractivity contribution is 7.08. The van der Waals surface area contributed by atoms with E-state index >= 15 is 0 Å². The van der Waals surface area contributed by atoms with Crippen molar-refractivity contribution in [1.29, 1.82) is 0 Å². The van der Waals surface area contributed by atoms with Gasteiger partial charge in [0.15, 0.2) is 0 Å². The van der Waals surface area contributed by atoms with Crippen LogP contribution in [-0.2, 0) is 16.0 Å². The van der Waals surface area contributed by atoms with Crippen LogP contribution in [-0.4, -0.2) is 55.6 Å². The Balaban J connectivity index is 1.95. The minimum atomic E-state index is 0.601. The first kappa shape index (κ1) is 15.1. The van der Waals surface area contributed by atoms with E-state index in [9.17, 15) is 0 Å². The summed E-state index contributed by atoms with van der Waals surface area (Å²) >= 11 is 1.61. The molecule has 0 amide bonds. The van der Waals surface area contributed by atoms with E-state index in [1.54, 1.807) is 25.6 Å². The molecule has 0 aliphatic rings. The third-order valence-electron chi connectivity index (χ3n) is 2.83. The molecule has 0 spiro atoms. The number of rotatable bonds is 9. The van der Waals surface area contributed by atoms with E-state index in [0.717, 1.165) is 18.7 Å². The van der Waals surface area contributed by atoms with Gasteiger partial charge in [0.05, 0.1) is 19.8 Å². The normalized spacial score (nSPS) is 11.3. The lowest BCUT2D eigenvalue weighted by atomic mass is 10.3. The summed E-state index contributed by atoms with van der Waals surface area (Å²) in [5.74, 6) is 1.25. The molecule has 6 nitrogen and oxygen atoms in total. The lowest BCUT2D eigenvalue weighted by Crippen LogP contribution is -2.30. The second-order valence-corrected chi connectivity index (χ2v) is 5.07. The van der Waals surface area contributed by atoms with E-state index in [0.29, 0.717) is 31.5 Å². The molecule has 7 heteroatoms. The minimum absolute atomic E-state index is 0.601. The Morgan fingerprint density at radius 3 is 2.60 bits per heavy atom. The minimum Gasteiger partial charge on any atom is -0.383 e. The number of methoxy groups -OCH3 is 2. The SMILES string of the molecule is COCCN(CCOC)Cc1nc(-c2ccsc2)no1. The van der Waals surface area contributed by atoms with Gasteiger partial charge in [-0.15, -0.1) is 0 Å². The number of hydrogen-bond donors (Lipinski definition) is 0. The van der Waals surface area contributed by atoms with Gasteiger partial charge in [0, 0.05) is 38.3 Å². The topological polar surface area (TPSA) is 60.6 Å². The van der Waals surface area contributed by atoms with E-state index in [4.69, 9.17) is 14.0 Å². The highest BCUT2D eigenvalue weighted by Gasteiger charge is 2.13. The highest BCUT2D eigenvalue weighted by Crippen LogP contribution is 2.19. The fourth-order valence-electron chi connectivity index (χ4n) is 1.73. The maximum atomic E-state index is 5.30. The Bertz CT molecular complexity index is 479. The summed E-state index contributed by atoms with van der Waals surface area (Å²) in [5, 5.41) is 8.00. The fourth-order valence-corrected chi connectivity index (χ4v) is 2.36. The van der Waals surface area contributed by atoms with Crippen molar-refractivity contribution in [2.24, 2.45) is 0 Å². The third-order valence-corrected chi connectivity index (χ3v) is 3.51. The van der Waals surface area contributed by atoms with Gasteiger partial charge in [-0.25, -0.2) is 0 Å². The van der Waals surface area contributed by atoms with Gasteiger partial charge in [-0.05, 0) is 11.4 Å². The second-order valence-electron chi connectivity index (χ2n) is 4.29. The first-order chi connectivity index (χ1) is 9.83. The van der Waals surface area contributed by atoms with Crippen molar-refractivity contribution in [3.63, 3.8) is 0 Å². The Morgan fingerprint density at radius 2 is 2.00 bits per heavy atom. The van der Waals surface area contributed by atoms with Crippen molar-refractivity contribution in [3.05, 3.63) is 22.7 Å². The molecule has 2 rings (SSSR count). The zero-order valence-corrected chi connectivity index (χ0v) is 12.6. The molecule has 0 atom stereocenters. The molecule has 0 unspecified atom stereocenters. The van der Waals surface area contributed by atoms with Crippen LogP contribution in [0, 0.1) is 0 Å². The van der Waals surface area contributed by atoms with Gasteiger partial charge in [0.25, 0.3) is 0 Å². The fraction of sp³-hybridized carbons (Fsp3) is 0.538. The van der Waals surface area contributed by atoms with E-state index < -0.39 is 0 Å². The molecule has 2 aromatic heterocycles. The average Bonchev–Trinajstić information content (AvgIpc) is 3.12. The number of hydrogen-bond acceptors (Lipinski definition) is 7. The van der Waals surface area contributed by atoms with E-state index in [-0.39, 0.29) is 0 Å². The average molecular weight is 297 g/mol. The summed E-state index contributed by atoms with van der Waals surface area (Å²) < 4.78 is 15.5. The zero-order valence-electron chi connectivity index (χ0n) is 11.7. The summed E-state index contributed by atoms with van der Waals surface area (Å²) in [5.41, 5.74) is 0.991. The molecule has 0 radical (unpaired) electrons. The number of ether oxygens (including phenoxy) is 2. The smallest absolute Gasteiger partial charge is 0.241 e. The molecule has 0 bridgehead atoms. The van der Waals surface area contributed by atoms with Crippen LogP contribution in [0.25, 0.3) is 11.4 Å². The number of aromatic nitrogens is 2. The van der Waals surface area contributed by atoms with Gasteiger partial charge < -0.3 is 14.0 Å². The first-order valence-electron chi connectivity index (χ1n) is 6.39. The van der Waals surface area contributed by atoms with Crippen LogP contribution in [0.4, 0.5) is 0 Å². The number of thiophene rings is 1. The standard InChI is InChI=1S/C13H19N3O3S/c1-17-6-4-16(5-7-18-2)9-12-14-13(15-19-12)11-3-8-20-10-11/h3,8,10H,4-7,9H2,1-2H3. The van der Waals surface area contributed by atoms with Gasteiger partial charge in [-0.2, -0.15) is 16.3 Å². The zero-order chi connectivity index (χ0) is 14.2. The van der Waals surface area contributed by atoms with Crippen LogP contribution >= 0.6 is 11.3 Å². The van der Waals surface area contributed by atoms with Crippen molar-refractivity contribution < 1.29 is 14.0 Å². The van der Waals surface area contributed by atoms with Crippen LogP contribution in [0.3, 0.4) is 0 Å². The van der Waals surface area contributed by atoms with E-state index in [2.05, 4.69) is 15.0 Å². The molecule has 0 N–H and O–H groups in total. The first-order valence-corrected chi connectivity index (χ1v) is 7.33. The predicted octanol–water partition coefficient (Wildman–Crippen LogP) is 1.89. The van der Waals surface area contributed by atoms with Crippen LogP contribution in [0.2, 0.25) is 0 Å². The van der Waals surface area contributed by atoms with Crippen molar-refractivity contribution in [2.75, 3.05) is 40.5 Å². The van der Waals surface area contributed by atoms with Crippen molar-refractivity contribution in [2.45, 2.75) is 6.54 Å². The molecule has 0 saturated heterocycles. The van der Waals surface area contributed by atoms with Gasteiger partial charge >= 0.3 is 0 Å². The summed E-state index contributed by atoms with van der Waals surface area (Å²) in [6.07, 6.45) is 0. The van der Waals surface area contributed by atoms with Crippen molar-refractivity contribution >= 4 is 11.3 Å². The molecular formula is C13H19N3O3S. The Hall–Kier alpha value is -1.28. The van der Waals surface area contributed by atoms with Crippen LogP contribution in [0.15, 0.2) is 21.3 Å². The lowest BCUT2D eigenvalue weighted by Gasteiger charge is -2.19. The largest absolute Gasteiger partial charge is 0.383 e. The molecule has 0 aliphatic heterocycles. The van der Waals surface area contributed by atoms with Gasteiger partial charge in [0.1, 0.15) is 0 Å². The Labute approximate surface area is 122 Å². The molecule has 2 heterocycles. The third kappa shape index (κ3) is 4.38. The maximum Gasteiger partial charge on any atom is 0.241 e. The molecule has 0 aromatic carbocycles. The summed E-state index contributed by atoms with van der Waals surface area (Å²) in [7, 11) is 3.38. The summed E-state index contributed by atoms with van der Waals surface area (Å²) in [6, 6.07) is 1.98. The van der Waals surface area contributed by atoms with Gasteiger partial charge in [-0.3, -0.25) is 4.90 Å². The van der Waals surface area contributed by atoms with E-state index in [1.807, 2.05) is 16.8 Å². The molecule has 0 aliphatic carbocycles.